The average Bonchev–Trinajstić information content (AvgIpc) is 2.48. The smallest absolute Gasteiger partial charge is 0.170 e. The van der Waals surface area contributed by atoms with Crippen molar-refractivity contribution in [1.82, 2.24) is 5.32 Å². The highest BCUT2D eigenvalue weighted by atomic mass is 35.5. The Hall–Kier alpha value is -1.58. The van der Waals surface area contributed by atoms with Gasteiger partial charge in [0.25, 0.3) is 0 Å². The van der Waals surface area contributed by atoms with E-state index in [-0.39, 0.29) is 0 Å². The lowest BCUT2D eigenvalue weighted by atomic mass is 10.1. The van der Waals surface area contributed by atoms with Crippen molar-refractivity contribution in [3.05, 3.63) is 64.2 Å². The van der Waals surface area contributed by atoms with Gasteiger partial charge in [0.15, 0.2) is 5.11 Å². The number of hydrogen-bond donors (Lipinski definition) is 2. The van der Waals surface area contributed by atoms with Crippen LogP contribution in [0.1, 0.15) is 23.1 Å². The number of hydrogen-bond acceptors (Lipinski definition) is 1. The van der Waals surface area contributed by atoms with Gasteiger partial charge in [-0.3, -0.25) is 0 Å². The summed E-state index contributed by atoms with van der Waals surface area (Å²) in [6.07, 6.45) is 1.93. The van der Waals surface area contributed by atoms with E-state index in [4.69, 9.17) is 23.8 Å². The molecular weight excluding hydrogens is 312 g/mol. The highest BCUT2D eigenvalue weighted by Gasteiger charge is 2.02. The summed E-state index contributed by atoms with van der Waals surface area (Å²) >= 11 is 11.5. The first kappa shape index (κ1) is 16.8. The van der Waals surface area contributed by atoms with Crippen LogP contribution in [0.5, 0.6) is 0 Å². The van der Waals surface area contributed by atoms with Crippen LogP contribution in [-0.2, 0) is 6.42 Å². The van der Waals surface area contributed by atoms with Crippen LogP contribution in [0.2, 0.25) is 5.02 Å². The number of nitrogens with one attached hydrogen (secondary N) is 2. The fourth-order valence-electron chi connectivity index (χ4n) is 2.30. The molecule has 116 valence electrons. The molecule has 2 aromatic rings. The first-order valence-electron chi connectivity index (χ1n) is 7.42. The largest absolute Gasteiger partial charge is 0.362 e. The molecule has 0 bridgehead atoms. The molecule has 22 heavy (non-hydrogen) atoms. The molecule has 4 heteroatoms. The van der Waals surface area contributed by atoms with Crippen LogP contribution in [-0.4, -0.2) is 11.7 Å². The van der Waals surface area contributed by atoms with Crippen LogP contribution < -0.4 is 10.6 Å². The molecule has 0 atom stereocenters. The molecule has 0 amide bonds. The number of aryl methyl sites for hydroxylation is 3. The van der Waals surface area contributed by atoms with Crippen molar-refractivity contribution in [2.24, 2.45) is 0 Å². The summed E-state index contributed by atoms with van der Waals surface area (Å²) in [5.74, 6) is 0. The molecule has 2 aromatic carbocycles. The van der Waals surface area contributed by atoms with Gasteiger partial charge in [0.05, 0.1) is 0 Å². The molecular formula is C18H21ClN2S. The zero-order valence-electron chi connectivity index (χ0n) is 12.9. The zero-order chi connectivity index (χ0) is 15.9. The fraction of sp³-hybridized carbons (Fsp3) is 0.278. The molecule has 0 aliphatic carbocycles. The highest BCUT2D eigenvalue weighted by Crippen LogP contribution is 2.17. The number of halogens is 1. The van der Waals surface area contributed by atoms with Crippen molar-refractivity contribution < 1.29 is 0 Å². The summed E-state index contributed by atoms with van der Waals surface area (Å²) in [6.45, 7) is 4.99. The minimum absolute atomic E-state index is 0.658. The van der Waals surface area contributed by atoms with Gasteiger partial charge in [-0.05, 0) is 62.2 Å². The Balaban J connectivity index is 1.75. The molecule has 2 rings (SSSR count). The second-order valence-corrected chi connectivity index (χ2v) is 6.21. The third kappa shape index (κ3) is 5.00. The van der Waals surface area contributed by atoms with Gasteiger partial charge in [-0.2, -0.15) is 0 Å². The van der Waals surface area contributed by atoms with Crippen molar-refractivity contribution in [2.45, 2.75) is 26.7 Å². The monoisotopic (exact) mass is 332 g/mol. The summed E-state index contributed by atoms with van der Waals surface area (Å²) in [5.41, 5.74) is 4.68. The molecule has 0 spiro atoms. The van der Waals surface area contributed by atoms with Crippen LogP contribution >= 0.6 is 23.8 Å². The number of rotatable bonds is 5. The summed E-state index contributed by atoms with van der Waals surface area (Å²) in [5, 5.41) is 7.97. The van der Waals surface area contributed by atoms with E-state index in [1.807, 2.05) is 18.2 Å². The number of benzene rings is 2. The van der Waals surface area contributed by atoms with E-state index in [2.05, 4.69) is 48.7 Å². The van der Waals surface area contributed by atoms with Gasteiger partial charge in [0.1, 0.15) is 0 Å². The fourth-order valence-corrected chi connectivity index (χ4v) is 2.74. The lowest BCUT2D eigenvalue weighted by Crippen LogP contribution is -2.29. The van der Waals surface area contributed by atoms with Crippen molar-refractivity contribution >= 4 is 34.6 Å². The SMILES string of the molecule is Cc1ccc(NC(=S)NCCCc2ccccc2Cl)c(C)c1. The Morgan fingerprint density at radius 3 is 2.64 bits per heavy atom. The molecule has 0 aliphatic rings. The maximum Gasteiger partial charge on any atom is 0.170 e. The van der Waals surface area contributed by atoms with E-state index in [0.717, 1.165) is 30.1 Å². The predicted molar refractivity (Wildman–Crippen MR) is 99.9 cm³/mol. The quantitative estimate of drug-likeness (QED) is 0.603. The van der Waals surface area contributed by atoms with Gasteiger partial charge in [-0.25, -0.2) is 0 Å². The van der Waals surface area contributed by atoms with Crippen molar-refractivity contribution in [3.8, 4) is 0 Å². The predicted octanol–water partition coefficient (Wildman–Crippen LogP) is 4.88. The molecule has 0 saturated heterocycles. The minimum Gasteiger partial charge on any atom is -0.362 e. The highest BCUT2D eigenvalue weighted by molar-refractivity contribution is 7.80. The Labute approximate surface area is 142 Å². The van der Waals surface area contributed by atoms with Gasteiger partial charge in [0.2, 0.25) is 0 Å². The first-order valence-corrected chi connectivity index (χ1v) is 8.20. The van der Waals surface area contributed by atoms with Crippen LogP contribution in [0.3, 0.4) is 0 Å². The van der Waals surface area contributed by atoms with Gasteiger partial charge in [0, 0.05) is 17.3 Å². The number of thiocarbonyl (C=S) groups is 1. The number of anilines is 1. The maximum atomic E-state index is 6.14. The van der Waals surface area contributed by atoms with Gasteiger partial charge >= 0.3 is 0 Å². The van der Waals surface area contributed by atoms with Crippen LogP contribution in [0.15, 0.2) is 42.5 Å². The van der Waals surface area contributed by atoms with E-state index < -0.39 is 0 Å². The molecule has 0 radical (unpaired) electrons. The molecule has 0 fully saturated rings. The Bertz CT molecular complexity index is 655. The van der Waals surface area contributed by atoms with Crippen molar-refractivity contribution in [3.63, 3.8) is 0 Å². The van der Waals surface area contributed by atoms with E-state index >= 15 is 0 Å². The van der Waals surface area contributed by atoms with E-state index in [1.54, 1.807) is 0 Å². The minimum atomic E-state index is 0.658. The van der Waals surface area contributed by atoms with Crippen LogP contribution in [0.25, 0.3) is 0 Å². The zero-order valence-corrected chi connectivity index (χ0v) is 14.5. The van der Waals surface area contributed by atoms with E-state index in [9.17, 15) is 0 Å². The summed E-state index contributed by atoms with van der Waals surface area (Å²) in [7, 11) is 0. The van der Waals surface area contributed by atoms with Gasteiger partial charge in [-0.15, -0.1) is 0 Å². The van der Waals surface area contributed by atoms with E-state index in [1.165, 1.54) is 16.7 Å². The lowest BCUT2D eigenvalue weighted by molar-refractivity contribution is 0.777. The average molecular weight is 333 g/mol. The molecule has 0 aliphatic heterocycles. The molecule has 2 N–H and O–H groups in total. The summed E-state index contributed by atoms with van der Waals surface area (Å²) in [4.78, 5) is 0. The van der Waals surface area contributed by atoms with Crippen LogP contribution in [0.4, 0.5) is 5.69 Å². The second-order valence-electron chi connectivity index (χ2n) is 5.39. The van der Waals surface area contributed by atoms with Gasteiger partial charge < -0.3 is 10.6 Å². The van der Waals surface area contributed by atoms with Gasteiger partial charge in [-0.1, -0.05) is 47.5 Å². The van der Waals surface area contributed by atoms with Crippen LogP contribution in [0, 0.1) is 13.8 Å². The summed E-state index contributed by atoms with van der Waals surface area (Å²) in [6, 6.07) is 14.2. The lowest BCUT2D eigenvalue weighted by Gasteiger charge is -2.13. The third-order valence-electron chi connectivity index (χ3n) is 3.50. The Kier molecular flexibility index (Phi) is 6.22. The normalized spacial score (nSPS) is 10.3. The van der Waals surface area contributed by atoms with E-state index in [0.29, 0.717) is 5.11 Å². The Morgan fingerprint density at radius 2 is 1.91 bits per heavy atom. The molecule has 0 saturated carbocycles. The summed E-state index contributed by atoms with van der Waals surface area (Å²) < 4.78 is 0. The Morgan fingerprint density at radius 1 is 1.14 bits per heavy atom. The third-order valence-corrected chi connectivity index (χ3v) is 4.11. The molecule has 0 heterocycles. The molecule has 2 nitrogen and oxygen atoms in total. The van der Waals surface area contributed by atoms with Crippen molar-refractivity contribution in [1.29, 1.82) is 0 Å². The molecule has 0 aromatic heterocycles. The maximum absolute atomic E-state index is 6.14. The second kappa shape index (κ2) is 8.16. The first-order chi connectivity index (χ1) is 10.6. The topological polar surface area (TPSA) is 24.1 Å². The standard InChI is InChI=1S/C18H21ClN2S/c1-13-9-10-17(14(2)12-13)21-18(22)20-11-5-7-15-6-3-4-8-16(15)19/h3-4,6,8-10,12H,5,7,11H2,1-2H3,(H2,20,21,22). The van der Waals surface area contributed by atoms with Crippen molar-refractivity contribution in [2.75, 3.05) is 11.9 Å². The molecule has 0 unspecified atom stereocenters.